The third-order valence-corrected chi connectivity index (χ3v) is 3.95. The van der Waals surface area contributed by atoms with Gasteiger partial charge in [-0.2, -0.15) is 0 Å². The minimum absolute atomic E-state index is 0.112. The number of aryl methyl sites for hydroxylation is 1. The van der Waals surface area contributed by atoms with Crippen molar-refractivity contribution in [2.45, 2.75) is 26.8 Å². The van der Waals surface area contributed by atoms with Gasteiger partial charge in [-0.05, 0) is 50.1 Å². The fourth-order valence-electron chi connectivity index (χ4n) is 2.64. The lowest BCUT2D eigenvalue weighted by Crippen LogP contribution is -2.26. The van der Waals surface area contributed by atoms with E-state index < -0.39 is 0 Å². The first-order chi connectivity index (χ1) is 11.6. The predicted molar refractivity (Wildman–Crippen MR) is 93.4 cm³/mol. The highest BCUT2D eigenvalue weighted by molar-refractivity contribution is 5.93. The van der Waals surface area contributed by atoms with E-state index in [1.54, 1.807) is 6.20 Å². The van der Waals surface area contributed by atoms with E-state index in [1.807, 2.05) is 67.8 Å². The van der Waals surface area contributed by atoms with Crippen LogP contribution < -0.4 is 10.1 Å². The van der Waals surface area contributed by atoms with Crippen LogP contribution in [0.25, 0.3) is 5.65 Å². The molecule has 1 amide bonds. The number of hydrogen-bond donors (Lipinski definition) is 1. The molecule has 0 spiro atoms. The largest absolute Gasteiger partial charge is 0.494 e. The monoisotopic (exact) mass is 323 g/mol. The van der Waals surface area contributed by atoms with Gasteiger partial charge < -0.3 is 14.5 Å². The summed E-state index contributed by atoms with van der Waals surface area (Å²) in [7, 11) is 0. The minimum atomic E-state index is -0.181. The molecule has 0 aliphatic carbocycles. The molecule has 124 valence electrons. The van der Waals surface area contributed by atoms with E-state index in [4.69, 9.17) is 4.74 Å². The van der Waals surface area contributed by atoms with Crippen LogP contribution in [0.4, 0.5) is 0 Å². The Morgan fingerprint density at radius 1 is 1.29 bits per heavy atom. The topological polar surface area (TPSA) is 55.6 Å². The van der Waals surface area contributed by atoms with E-state index in [9.17, 15) is 4.79 Å². The van der Waals surface area contributed by atoms with Gasteiger partial charge in [-0.1, -0.05) is 18.2 Å². The lowest BCUT2D eigenvalue weighted by atomic mass is 10.1. The number of nitrogens with zero attached hydrogens (tertiary/aromatic N) is 2. The van der Waals surface area contributed by atoms with Gasteiger partial charge in [0, 0.05) is 12.4 Å². The predicted octanol–water partition coefficient (Wildman–Crippen LogP) is 3.53. The summed E-state index contributed by atoms with van der Waals surface area (Å²) in [6.07, 6.45) is 3.64. The standard InChI is InChI=1S/C19H21N3O2/c1-4-24-16-9-7-15(8-10-16)14(3)20-19(23)17-12-22-11-5-6-13(2)18(22)21-17/h5-12,14H,4H2,1-3H3,(H,20,23)/t14-/m0/s1. The Hall–Kier alpha value is -2.82. The number of rotatable bonds is 5. The smallest absolute Gasteiger partial charge is 0.271 e. The molecule has 1 N–H and O–H groups in total. The molecule has 0 fully saturated rings. The van der Waals surface area contributed by atoms with Gasteiger partial charge in [-0.3, -0.25) is 4.79 Å². The summed E-state index contributed by atoms with van der Waals surface area (Å²) in [4.78, 5) is 16.9. The Kier molecular flexibility index (Phi) is 4.51. The number of amides is 1. The van der Waals surface area contributed by atoms with Crippen molar-refractivity contribution >= 4 is 11.6 Å². The fourth-order valence-corrected chi connectivity index (χ4v) is 2.64. The number of imidazole rings is 1. The van der Waals surface area contributed by atoms with E-state index >= 15 is 0 Å². The van der Waals surface area contributed by atoms with E-state index in [2.05, 4.69) is 10.3 Å². The van der Waals surface area contributed by atoms with Crippen molar-refractivity contribution < 1.29 is 9.53 Å². The van der Waals surface area contributed by atoms with Gasteiger partial charge in [0.15, 0.2) is 0 Å². The maximum Gasteiger partial charge on any atom is 0.271 e. The summed E-state index contributed by atoms with van der Waals surface area (Å²) in [6, 6.07) is 11.6. The molecule has 1 aromatic carbocycles. The molecule has 0 unspecified atom stereocenters. The SMILES string of the molecule is CCOc1ccc([C@H](C)NC(=O)c2cn3cccc(C)c3n2)cc1. The number of carbonyl (C=O) groups excluding carboxylic acids is 1. The van der Waals surface area contributed by atoms with Gasteiger partial charge in [0.25, 0.3) is 5.91 Å². The Balaban J connectivity index is 1.74. The summed E-state index contributed by atoms with van der Waals surface area (Å²) in [6.45, 7) is 6.52. The first-order valence-electron chi connectivity index (χ1n) is 8.06. The van der Waals surface area contributed by atoms with E-state index in [-0.39, 0.29) is 11.9 Å². The zero-order valence-electron chi connectivity index (χ0n) is 14.1. The summed E-state index contributed by atoms with van der Waals surface area (Å²) in [5.41, 5.74) is 3.28. The van der Waals surface area contributed by atoms with Gasteiger partial charge in [0.05, 0.1) is 12.6 Å². The highest BCUT2D eigenvalue weighted by Crippen LogP contribution is 2.18. The summed E-state index contributed by atoms with van der Waals surface area (Å²) in [5, 5.41) is 2.99. The van der Waals surface area contributed by atoms with Crippen LogP contribution in [-0.2, 0) is 0 Å². The molecule has 3 rings (SSSR count). The van der Waals surface area contributed by atoms with Gasteiger partial charge in [-0.15, -0.1) is 0 Å². The zero-order valence-corrected chi connectivity index (χ0v) is 14.1. The summed E-state index contributed by atoms with van der Waals surface area (Å²) in [5.74, 6) is 0.648. The molecule has 0 radical (unpaired) electrons. The fraction of sp³-hybridized carbons (Fsp3) is 0.263. The van der Waals surface area contributed by atoms with Gasteiger partial charge in [-0.25, -0.2) is 4.98 Å². The van der Waals surface area contributed by atoms with Crippen molar-refractivity contribution in [2.24, 2.45) is 0 Å². The minimum Gasteiger partial charge on any atom is -0.494 e. The number of ether oxygens (including phenoxy) is 1. The van der Waals surface area contributed by atoms with Crippen LogP contribution in [0.15, 0.2) is 48.8 Å². The number of nitrogens with one attached hydrogen (secondary N) is 1. The molecule has 0 aliphatic heterocycles. The Morgan fingerprint density at radius 3 is 2.71 bits per heavy atom. The number of benzene rings is 1. The average molecular weight is 323 g/mol. The quantitative estimate of drug-likeness (QED) is 0.781. The number of pyridine rings is 1. The molecule has 1 atom stereocenters. The molecule has 5 nitrogen and oxygen atoms in total. The maximum absolute atomic E-state index is 12.5. The molecule has 0 saturated heterocycles. The van der Waals surface area contributed by atoms with Gasteiger partial charge in [0.2, 0.25) is 0 Å². The van der Waals surface area contributed by atoms with Crippen LogP contribution in [0.5, 0.6) is 5.75 Å². The lowest BCUT2D eigenvalue weighted by molar-refractivity contribution is 0.0935. The van der Waals surface area contributed by atoms with E-state index in [0.717, 1.165) is 22.5 Å². The van der Waals surface area contributed by atoms with E-state index in [1.165, 1.54) is 0 Å². The Labute approximate surface area is 141 Å². The third kappa shape index (κ3) is 3.25. The lowest BCUT2D eigenvalue weighted by Gasteiger charge is -2.14. The van der Waals surface area contributed by atoms with Crippen LogP contribution in [0, 0.1) is 6.92 Å². The second-order valence-electron chi connectivity index (χ2n) is 5.75. The second kappa shape index (κ2) is 6.74. The van der Waals surface area contributed by atoms with Crippen molar-refractivity contribution in [1.82, 2.24) is 14.7 Å². The molecule has 3 aromatic rings. The van der Waals surface area contributed by atoms with Crippen molar-refractivity contribution in [2.75, 3.05) is 6.61 Å². The number of aromatic nitrogens is 2. The highest BCUT2D eigenvalue weighted by Gasteiger charge is 2.15. The molecule has 5 heteroatoms. The van der Waals surface area contributed by atoms with Gasteiger partial charge >= 0.3 is 0 Å². The van der Waals surface area contributed by atoms with Crippen molar-refractivity contribution in [3.63, 3.8) is 0 Å². The summed E-state index contributed by atoms with van der Waals surface area (Å²) >= 11 is 0. The molecule has 2 aromatic heterocycles. The van der Waals surface area contributed by atoms with E-state index in [0.29, 0.717) is 12.3 Å². The van der Waals surface area contributed by atoms with Gasteiger partial charge in [0.1, 0.15) is 17.1 Å². The highest BCUT2D eigenvalue weighted by atomic mass is 16.5. The second-order valence-corrected chi connectivity index (χ2v) is 5.75. The molecule has 24 heavy (non-hydrogen) atoms. The van der Waals surface area contributed by atoms with Crippen LogP contribution in [0.2, 0.25) is 0 Å². The molecule has 2 heterocycles. The van der Waals surface area contributed by atoms with Crippen molar-refractivity contribution in [3.8, 4) is 5.75 Å². The van der Waals surface area contributed by atoms with Crippen LogP contribution >= 0.6 is 0 Å². The first kappa shape index (κ1) is 16.1. The number of hydrogen-bond acceptors (Lipinski definition) is 3. The average Bonchev–Trinajstić information content (AvgIpc) is 3.01. The number of fused-ring (bicyclic) bond motifs is 1. The summed E-state index contributed by atoms with van der Waals surface area (Å²) < 4.78 is 7.30. The number of carbonyl (C=O) groups is 1. The maximum atomic E-state index is 12.5. The Bertz CT molecular complexity index is 853. The van der Waals surface area contributed by atoms with Crippen LogP contribution in [-0.4, -0.2) is 21.9 Å². The van der Waals surface area contributed by atoms with Crippen LogP contribution in [0.3, 0.4) is 0 Å². The van der Waals surface area contributed by atoms with Crippen LogP contribution in [0.1, 0.15) is 41.5 Å². The van der Waals surface area contributed by atoms with Crippen molar-refractivity contribution in [3.05, 3.63) is 65.6 Å². The first-order valence-corrected chi connectivity index (χ1v) is 8.06. The normalized spacial score (nSPS) is 12.1. The molecular formula is C19H21N3O2. The molecule has 0 bridgehead atoms. The zero-order chi connectivity index (χ0) is 17.1. The molecule has 0 aliphatic rings. The van der Waals surface area contributed by atoms with Crippen molar-refractivity contribution in [1.29, 1.82) is 0 Å². The molecule has 0 saturated carbocycles. The Morgan fingerprint density at radius 2 is 2.04 bits per heavy atom. The third-order valence-electron chi connectivity index (χ3n) is 3.95. The molecular weight excluding hydrogens is 302 g/mol.